The Labute approximate surface area is 191 Å². The highest BCUT2D eigenvalue weighted by Crippen LogP contribution is 2.27. The lowest BCUT2D eigenvalue weighted by Crippen LogP contribution is -2.38. The van der Waals surface area contributed by atoms with E-state index in [9.17, 15) is 0 Å². The second-order valence-electron chi connectivity index (χ2n) is 8.28. The van der Waals surface area contributed by atoms with E-state index in [1.54, 1.807) is 0 Å². The van der Waals surface area contributed by atoms with Crippen LogP contribution < -0.4 is 10.6 Å². The van der Waals surface area contributed by atoms with Crippen LogP contribution in [0.3, 0.4) is 0 Å². The first-order valence-corrected chi connectivity index (χ1v) is 11.9. The molecule has 0 spiro atoms. The summed E-state index contributed by atoms with van der Waals surface area (Å²) in [4.78, 5) is 4.81. The Hall–Kier alpha value is -3.15. The number of benzene rings is 2. The third-order valence-electron chi connectivity index (χ3n) is 6.04. The van der Waals surface area contributed by atoms with E-state index in [0.29, 0.717) is 12.5 Å². The highest BCUT2D eigenvalue weighted by atomic mass is 15.3. The molecule has 2 heterocycles. The molecular weight excluding hydrogens is 396 g/mol. The van der Waals surface area contributed by atoms with Crippen LogP contribution in [0.15, 0.2) is 65.7 Å². The first-order chi connectivity index (χ1) is 15.8. The maximum absolute atomic E-state index is 4.81. The van der Waals surface area contributed by atoms with Gasteiger partial charge in [-0.3, -0.25) is 0 Å². The van der Waals surface area contributed by atoms with Gasteiger partial charge in [0.2, 0.25) is 0 Å². The number of rotatable bonds is 8. The molecule has 2 N–H and O–H groups in total. The number of guanidine groups is 1. The molecule has 0 bridgehead atoms. The summed E-state index contributed by atoms with van der Waals surface area (Å²) in [7, 11) is 0. The molecule has 6 nitrogen and oxygen atoms in total. The Morgan fingerprint density at radius 2 is 1.66 bits per heavy atom. The number of aryl methyl sites for hydroxylation is 1. The van der Waals surface area contributed by atoms with E-state index >= 15 is 0 Å². The highest BCUT2D eigenvalue weighted by Gasteiger charge is 2.15. The minimum absolute atomic E-state index is 0.347. The summed E-state index contributed by atoms with van der Waals surface area (Å²) >= 11 is 0. The van der Waals surface area contributed by atoms with Crippen molar-refractivity contribution in [2.45, 2.75) is 58.0 Å². The third kappa shape index (κ3) is 5.75. The van der Waals surface area contributed by atoms with Crippen molar-refractivity contribution in [2.24, 2.45) is 4.99 Å². The molecule has 3 aromatic rings. The summed E-state index contributed by atoms with van der Waals surface area (Å²) in [6.07, 6.45) is 5.67. The van der Waals surface area contributed by atoms with Crippen LogP contribution >= 0.6 is 0 Å². The number of hydrogen-bond donors (Lipinski definition) is 2. The van der Waals surface area contributed by atoms with Crippen LogP contribution in [-0.2, 0) is 19.5 Å². The maximum atomic E-state index is 4.81. The minimum Gasteiger partial charge on any atom is -0.357 e. The molecular formula is C26H34N6. The fraction of sp³-hybridized carbons (Fsp3) is 0.423. The molecule has 0 radical (unpaired) electrons. The number of nitrogens with one attached hydrogen (secondary N) is 2. The first kappa shape index (κ1) is 22.1. The van der Waals surface area contributed by atoms with Crippen molar-refractivity contribution in [3.63, 3.8) is 0 Å². The number of aromatic nitrogens is 3. The highest BCUT2D eigenvalue weighted by molar-refractivity contribution is 5.79. The van der Waals surface area contributed by atoms with E-state index in [2.05, 4.69) is 93.0 Å². The molecule has 168 valence electrons. The van der Waals surface area contributed by atoms with Gasteiger partial charge in [0.25, 0.3) is 0 Å². The molecule has 0 atom stereocenters. The molecule has 6 heteroatoms. The molecule has 2 aromatic carbocycles. The third-order valence-corrected chi connectivity index (χ3v) is 6.04. The summed E-state index contributed by atoms with van der Waals surface area (Å²) in [6.45, 7) is 5.30. The largest absolute Gasteiger partial charge is 0.357 e. The van der Waals surface area contributed by atoms with Crippen molar-refractivity contribution in [2.75, 3.05) is 13.1 Å². The summed E-state index contributed by atoms with van der Waals surface area (Å²) in [5.41, 5.74) is 2.68. The number of fused-ring (bicyclic) bond motifs is 1. The van der Waals surface area contributed by atoms with E-state index < -0.39 is 0 Å². The van der Waals surface area contributed by atoms with Crippen LogP contribution in [0, 0.1) is 0 Å². The summed E-state index contributed by atoms with van der Waals surface area (Å²) in [6, 6.07) is 21.5. The van der Waals surface area contributed by atoms with Crippen molar-refractivity contribution in [3.05, 3.63) is 83.4 Å². The lowest BCUT2D eigenvalue weighted by molar-refractivity contribution is 0.605. The average molecular weight is 431 g/mol. The van der Waals surface area contributed by atoms with E-state index in [0.717, 1.165) is 50.1 Å². The van der Waals surface area contributed by atoms with Gasteiger partial charge in [-0.2, -0.15) is 0 Å². The second-order valence-corrected chi connectivity index (χ2v) is 8.28. The van der Waals surface area contributed by atoms with Gasteiger partial charge in [-0.25, -0.2) is 4.99 Å². The van der Waals surface area contributed by atoms with Crippen LogP contribution in [-0.4, -0.2) is 33.8 Å². The molecule has 1 aliphatic rings. The Kier molecular flexibility index (Phi) is 7.90. The lowest BCUT2D eigenvalue weighted by Gasteiger charge is -2.19. The Balaban J connectivity index is 1.41. The van der Waals surface area contributed by atoms with Gasteiger partial charge in [0, 0.05) is 32.0 Å². The zero-order chi connectivity index (χ0) is 22.0. The standard InChI is InChI=1S/C26H34N6/c1-2-27-26(29-20-25-31-30-24-16-10-5-11-19-32(24)25)28-18-17-23(21-12-6-3-7-13-21)22-14-8-4-9-15-22/h3-4,6-9,12-15,23H,2,5,10-11,16-20H2,1H3,(H2,27,28,29). The van der Waals surface area contributed by atoms with Crippen molar-refractivity contribution in [1.82, 2.24) is 25.4 Å². The summed E-state index contributed by atoms with van der Waals surface area (Å²) in [5, 5.41) is 15.7. The van der Waals surface area contributed by atoms with Crippen molar-refractivity contribution < 1.29 is 0 Å². The van der Waals surface area contributed by atoms with Gasteiger partial charge in [-0.05, 0) is 37.3 Å². The molecule has 0 fully saturated rings. The predicted octanol–water partition coefficient (Wildman–Crippen LogP) is 4.28. The van der Waals surface area contributed by atoms with Crippen LogP contribution in [0.25, 0.3) is 0 Å². The van der Waals surface area contributed by atoms with Crippen LogP contribution in [0.2, 0.25) is 0 Å². The lowest BCUT2D eigenvalue weighted by atomic mass is 9.88. The second kappa shape index (κ2) is 11.5. The molecule has 0 aliphatic carbocycles. The van der Waals surface area contributed by atoms with Gasteiger partial charge < -0.3 is 15.2 Å². The molecule has 0 amide bonds. The molecule has 1 aliphatic heterocycles. The van der Waals surface area contributed by atoms with Crippen LogP contribution in [0.5, 0.6) is 0 Å². The van der Waals surface area contributed by atoms with Crippen molar-refractivity contribution in [1.29, 1.82) is 0 Å². The smallest absolute Gasteiger partial charge is 0.191 e. The van der Waals surface area contributed by atoms with E-state index in [4.69, 9.17) is 4.99 Å². The normalized spacial score (nSPS) is 14.1. The summed E-state index contributed by atoms with van der Waals surface area (Å²) in [5.74, 6) is 3.25. The van der Waals surface area contributed by atoms with Crippen molar-refractivity contribution >= 4 is 5.96 Å². The van der Waals surface area contributed by atoms with Gasteiger partial charge in [-0.15, -0.1) is 10.2 Å². The van der Waals surface area contributed by atoms with Crippen LogP contribution in [0.4, 0.5) is 0 Å². The maximum Gasteiger partial charge on any atom is 0.191 e. The zero-order valence-corrected chi connectivity index (χ0v) is 19.0. The fourth-order valence-corrected chi connectivity index (χ4v) is 4.39. The molecule has 0 saturated heterocycles. The van der Waals surface area contributed by atoms with Gasteiger partial charge >= 0.3 is 0 Å². The Morgan fingerprint density at radius 3 is 2.34 bits per heavy atom. The van der Waals surface area contributed by atoms with E-state index in [-0.39, 0.29) is 0 Å². The molecule has 32 heavy (non-hydrogen) atoms. The van der Waals surface area contributed by atoms with Gasteiger partial charge in [-0.1, -0.05) is 67.1 Å². The van der Waals surface area contributed by atoms with Gasteiger partial charge in [0.15, 0.2) is 11.8 Å². The molecule has 1 aromatic heterocycles. The monoisotopic (exact) mass is 430 g/mol. The average Bonchev–Trinajstić information content (AvgIpc) is 3.07. The molecule has 0 saturated carbocycles. The summed E-state index contributed by atoms with van der Waals surface area (Å²) < 4.78 is 2.26. The van der Waals surface area contributed by atoms with Gasteiger partial charge in [0.1, 0.15) is 12.4 Å². The Bertz CT molecular complexity index is 941. The predicted molar refractivity (Wildman–Crippen MR) is 130 cm³/mol. The van der Waals surface area contributed by atoms with Crippen molar-refractivity contribution in [3.8, 4) is 0 Å². The molecule has 0 unspecified atom stereocenters. The SMILES string of the molecule is CCNC(=NCc1nnc2n1CCCCC2)NCCC(c1ccccc1)c1ccccc1. The first-order valence-electron chi connectivity index (χ1n) is 11.9. The number of aliphatic imine (C=N–C) groups is 1. The van der Waals surface area contributed by atoms with E-state index in [1.165, 1.54) is 30.4 Å². The minimum atomic E-state index is 0.347. The molecule has 4 rings (SSSR count). The van der Waals surface area contributed by atoms with E-state index in [1.807, 2.05) is 0 Å². The van der Waals surface area contributed by atoms with Crippen LogP contribution in [0.1, 0.15) is 61.3 Å². The topological polar surface area (TPSA) is 67.1 Å². The number of nitrogens with zero attached hydrogens (tertiary/aromatic N) is 4. The fourth-order valence-electron chi connectivity index (χ4n) is 4.39. The number of hydrogen-bond acceptors (Lipinski definition) is 3. The quantitative estimate of drug-likeness (QED) is 0.413. The zero-order valence-electron chi connectivity index (χ0n) is 19.0. The Morgan fingerprint density at radius 1 is 0.938 bits per heavy atom. The van der Waals surface area contributed by atoms with Gasteiger partial charge in [0.05, 0.1) is 0 Å².